The van der Waals surface area contributed by atoms with Crippen molar-refractivity contribution >= 4 is 9.84 Å². The van der Waals surface area contributed by atoms with Crippen molar-refractivity contribution < 1.29 is 8.42 Å². The zero-order valence-corrected chi connectivity index (χ0v) is 14.2. The summed E-state index contributed by atoms with van der Waals surface area (Å²) in [7, 11) is -1.42. The van der Waals surface area contributed by atoms with Gasteiger partial charge in [-0.25, -0.2) is 8.42 Å². The Morgan fingerprint density at radius 1 is 1.33 bits per heavy atom. The molecule has 0 aliphatic carbocycles. The molecule has 0 aromatic heterocycles. The first-order valence-electron chi connectivity index (χ1n) is 7.01. The molecule has 0 heterocycles. The molecule has 0 saturated heterocycles. The van der Waals surface area contributed by atoms with E-state index in [1.807, 2.05) is 13.1 Å². The zero-order chi connectivity index (χ0) is 16.3. The van der Waals surface area contributed by atoms with E-state index in [4.69, 9.17) is 5.26 Å². The number of sulfone groups is 1. The van der Waals surface area contributed by atoms with Crippen molar-refractivity contribution in [3.8, 4) is 6.07 Å². The molecular weight excluding hydrogens is 284 g/mol. The normalized spacial score (nSPS) is 14.0. The molecule has 4 nitrogen and oxygen atoms in total. The third-order valence-electron chi connectivity index (χ3n) is 3.95. The van der Waals surface area contributed by atoms with Crippen LogP contribution in [0.4, 0.5) is 0 Å². The fraction of sp³-hybridized carbons (Fsp3) is 0.562. The van der Waals surface area contributed by atoms with E-state index in [0.29, 0.717) is 12.1 Å². The molecule has 0 radical (unpaired) electrons. The molecule has 0 aliphatic heterocycles. The van der Waals surface area contributed by atoms with Crippen LogP contribution in [-0.4, -0.2) is 38.7 Å². The quantitative estimate of drug-likeness (QED) is 0.839. The Bertz CT molecular complexity index is 624. The molecule has 0 fully saturated rings. The van der Waals surface area contributed by atoms with Gasteiger partial charge in [0.25, 0.3) is 0 Å². The second kappa shape index (κ2) is 6.59. The fourth-order valence-corrected chi connectivity index (χ4v) is 3.35. The number of rotatable bonds is 5. The van der Waals surface area contributed by atoms with E-state index in [9.17, 15) is 8.42 Å². The minimum atomic E-state index is -3.36. The lowest BCUT2D eigenvalue weighted by Gasteiger charge is -2.35. The van der Waals surface area contributed by atoms with E-state index in [-0.39, 0.29) is 22.1 Å². The highest BCUT2D eigenvalue weighted by atomic mass is 32.2. The molecule has 1 aromatic carbocycles. The highest BCUT2D eigenvalue weighted by Gasteiger charge is 2.25. The van der Waals surface area contributed by atoms with Crippen molar-refractivity contribution in [1.82, 2.24) is 4.90 Å². The molecule has 1 rings (SSSR count). The Hall–Kier alpha value is -1.38. The molecule has 1 unspecified atom stereocenters. The second-order valence-electron chi connectivity index (χ2n) is 6.48. The van der Waals surface area contributed by atoms with Crippen LogP contribution >= 0.6 is 0 Å². The summed E-state index contributed by atoms with van der Waals surface area (Å²) in [6.07, 6.45) is 0. The molecule has 0 aliphatic rings. The van der Waals surface area contributed by atoms with Crippen molar-refractivity contribution in [2.45, 2.75) is 38.6 Å². The molecule has 5 heteroatoms. The Balaban J connectivity index is 2.80. The van der Waals surface area contributed by atoms with Crippen molar-refractivity contribution in [2.75, 3.05) is 19.3 Å². The van der Waals surface area contributed by atoms with Crippen LogP contribution in [-0.2, 0) is 9.84 Å². The van der Waals surface area contributed by atoms with Crippen molar-refractivity contribution in [2.24, 2.45) is 5.41 Å². The van der Waals surface area contributed by atoms with Crippen LogP contribution in [0, 0.1) is 16.7 Å². The van der Waals surface area contributed by atoms with Crippen molar-refractivity contribution in [3.05, 3.63) is 29.8 Å². The minimum Gasteiger partial charge on any atom is -0.302 e. The van der Waals surface area contributed by atoms with E-state index in [2.05, 4.69) is 32.6 Å². The molecule has 0 bridgehead atoms. The maximum absolute atomic E-state index is 12.3. The minimum absolute atomic E-state index is 0.0544. The predicted octanol–water partition coefficient (Wildman–Crippen LogP) is 2.70. The number of hydrogen-bond donors (Lipinski definition) is 0. The molecule has 1 aromatic rings. The molecule has 0 N–H and O–H groups in total. The van der Waals surface area contributed by atoms with E-state index < -0.39 is 9.84 Å². The Labute approximate surface area is 128 Å². The van der Waals surface area contributed by atoms with Gasteiger partial charge in [0.2, 0.25) is 0 Å². The second-order valence-corrected chi connectivity index (χ2v) is 8.59. The maximum atomic E-state index is 12.3. The molecule has 1 atom stereocenters. The average Bonchev–Trinajstić information content (AvgIpc) is 2.43. The first-order valence-corrected chi connectivity index (χ1v) is 8.66. The van der Waals surface area contributed by atoms with E-state index >= 15 is 0 Å². The van der Waals surface area contributed by atoms with Gasteiger partial charge in [0.1, 0.15) is 0 Å². The van der Waals surface area contributed by atoms with Gasteiger partial charge < -0.3 is 4.90 Å². The summed E-state index contributed by atoms with van der Waals surface area (Å²) in [6, 6.07) is 8.43. The van der Waals surface area contributed by atoms with E-state index in [1.54, 1.807) is 18.2 Å². The van der Waals surface area contributed by atoms with Gasteiger partial charge in [-0.1, -0.05) is 26.8 Å². The lowest BCUT2D eigenvalue weighted by molar-refractivity contribution is 0.148. The predicted molar refractivity (Wildman–Crippen MR) is 84.8 cm³/mol. The summed E-state index contributed by atoms with van der Waals surface area (Å²) in [6.45, 7) is 8.98. The van der Waals surface area contributed by atoms with Gasteiger partial charge in [-0.15, -0.1) is 0 Å². The molecule has 116 valence electrons. The first kappa shape index (κ1) is 17.7. The van der Waals surface area contributed by atoms with Crippen LogP contribution in [0.25, 0.3) is 0 Å². The van der Waals surface area contributed by atoms with Crippen molar-refractivity contribution in [1.29, 1.82) is 5.26 Å². The van der Waals surface area contributed by atoms with Crippen LogP contribution in [0.5, 0.6) is 0 Å². The summed E-state index contributed by atoms with van der Waals surface area (Å²) in [5.74, 6) is 0.0544. The Morgan fingerprint density at radius 3 is 2.48 bits per heavy atom. The smallest absolute Gasteiger partial charge is 0.179 e. The van der Waals surface area contributed by atoms with Gasteiger partial charge in [-0.3, -0.25) is 0 Å². The maximum Gasteiger partial charge on any atom is 0.179 e. The van der Waals surface area contributed by atoms with Crippen LogP contribution in [0.2, 0.25) is 0 Å². The number of nitrogens with zero attached hydrogens (tertiary/aromatic N) is 2. The summed E-state index contributed by atoms with van der Waals surface area (Å²) in [4.78, 5) is 2.28. The van der Waals surface area contributed by atoms with Crippen LogP contribution < -0.4 is 0 Å². The van der Waals surface area contributed by atoms with E-state index in [0.717, 1.165) is 0 Å². The van der Waals surface area contributed by atoms with Gasteiger partial charge >= 0.3 is 0 Å². The average molecular weight is 308 g/mol. The molecular formula is C16H24N2O2S. The number of nitriles is 1. The van der Waals surface area contributed by atoms with Gasteiger partial charge in [-0.05, 0) is 37.6 Å². The monoisotopic (exact) mass is 308 g/mol. The van der Waals surface area contributed by atoms with Crippen LogP contribution in [0.1, 0.15) is 33.3 Å². The fourth-order valence-electron chi connectivity index (χ4n) is 2.00. The summed E-state index contributed by atoms with van der Waals surface area (Å²) in [5, 5.41) is 8.86. The third kappa shape index (κ3) is 4.83. The first-order chi connectivity index (χ1) is 9.58. The van der Waals surface area contributed by atoms with Crippen LogP contribution in [0.15, 0.2) is 29.2 Å². The standard InChI is InChI=1S/C16H24N2O2S/c1-13(16(2,3)4)18(5)9-10-21(19,20)15-8-6-7-14(11-15)12-17/h6-8,11,13H,9-10H2,1-5H3. The highest BCUT2D eigenvalue weighted by Crippen LogP contribution is 2.23. The third-order valence-corrected chi connectivity index (χ3v) is 5.64. The van der Waals surface area contributed by atoms with Gasteiger partial charge in [0, 0.05) is 12.6 Å². The summed E-state index contributed by atoms with van der Waals surface area (Å²) >= 11 is 0. The van der Waals surface area contributed by atoms with E-state index in [1.165, 1.54) is 6.07 Å². The van der Waals surface area contributed by atoms with Gasteiger partial charge in [0.15, 0.2) is 9.84 Å². The molecule has 0 amide bonds. The van der Waals surface area contributed by atoms with Crippen LogP contribution in [0.3, 0.4) is 0 Å². The lowest BCUT2D eigenvalue weighted by atomic mass is 9.87. The molecule has 0 spiro atoms. The molecule has 21 heavy (non-hydrogen) atoms. The Morgan fingerprint density at radius 2 is 1.95 bits per heavy atom. The highest BCUT2D eigenvalue weighted by molar-refractivity contribution is 7.91. The van der Waals surface area contributed by atoms with Crippen molar-refractivity contribution in [3.63, 3.8) is 0 Å². The van der Waals surface area contributed by atoms with Gasteiger partial charge in [-0.2, -0.15) is 5.26 Å². The largest absolute Gasteiger partial charge is 0.302 e. The topological polar surface area (TPSA) is 61.2 Å². The lowest BCUT2D eigenvalue weighted by Crippen LogP contribution is -2.41. The summed E-state index contributed by atoms with van der Waals surface area (Å²) in [5.41, 5.74) is 0.465. The SMILES string of the molecule is CC(N(C)CCS(=O)(=O)c1cccc(C#N)c1)C(C)(C)C. The van der Waals surface area contributed by atoms with Gasteiger partial charge in [0.05, 0.1) is 22.3 Å². The molecule has 0 saturated carbocycles. The Kier molecular flexibility index (Phi) is 5.54. The zero-order valence-electron chi connectivity index (χ0n) is 13.4. The number of hydrogen-bond acceptors (Lipinski definition) is 4. The summed E-state index contributed by atoms with van der Waals surface area (Å²) < 4.78 is 24.7. The number of benzene rings is 1.